The molecule has 0 aromatic rings. The molecule has 0 radical (unpaired) electrons. The second-order valence-electron chi connectivity index (χ2n) is 4.42. The molecule has 1 saturated heterocycles. The highest BCUT2D eigenvalue weighted by Crippen LogP contribution is 2.30. The van der Waals surface area contributed by atoms with Crippen molar-refractivity contribution in [3.8, 4) is 0 Å². The Kier molecular flexibility index (Phi) is 4.55. The Morgan fingerprint density at radius 2 is 2.20 bits per heavy atom. The van der Waals surface area contributed by atoms with Crippen LogP contribution < -0.4 is 5.32 Å². The molecule has 0 aliphatic carbocycles. The molecule has 0 aromatic carbocycles. The Labute approximate surface area is 92.0 Å². The molecule has 2 N–H and O–H groups in total. The predicted molar refractivity (Wildman–Crippen MR) is 60.6 cm³/mol. The van der Waals surface area contributed by atoms with Crippen LogP contribution in [0.5, 0.6) is 0 Å². The minimum absolute atomic E-state index is 0.0826. The summed E-state index contributed by atoms with van der Waals surface area (Å²) in [6.45, 7) is 3.46. The molecule has 0 bridgehead atoms. The van der Waals surface area contributed by atoms with E-state index >= 15 is 0 Å². The van der Waals surface area contributed by atoms with E-state index in [0.717, 1.165) is 25.9 Å². The van der Waals surface area contributed by atoms with Crippen LogP contribution in [0.15, 0.2) is 0 Å². The first-order valence-electron chi connectivity index (χ1n) is 5.56. The summed E-state index contributed by atoms with van der Waals surface area (Å²) in [5, 5.41) is 12.6. The maximum atomic E-state index is 11.4. The number of rotatable bonds is 5. The number of nitrogens with one attached hydrogen (secondary N) is 1. The Morgan fingerprint density at radius 3 is 2.67 bits per heavy atom. The van der Waals surface area contributed by atoms with Gasteiger partial charge in [0.05, 0.1) is 5.75 Å². The van der Waals surface area contributed by atoms with Gasteiger partial charge in [-0.15, -0.1) is 0 Å². The van der Waals surface area contributed by atoms with Crippen LogP contribution in [0.25, 0.3) is 0 Å². The Hall–Kier alpha value is -0.130. The van der Waals surface area contributed by atoms with Crippen LogP contribution in [0.4, 0.5) is 0 Å². The lowest BCUT2D eigenvalue weighted by Crippen LogP contribution is -2.43. The summed E-state index contributed by atoms with van der Waals surface area (Å²) in [6.07, 6.45) is 2.52. The van der Waals surface area contributed by atoms with Crippen molar-refractivity contribution in [2.45, 2.75) is 26.2 Å². The highest BCUT2D eigenvalue weighted by Gasteiger charge is 2.32. The number of aliphatic hydroxyl groups excluding tert-OH is 1. The smallest absolute Gasteiger partial charge is 0.150 e. The quantitative estimate of drug-likeness (QED) is 0.713. The molecule has 0 saturated carbocycles. The zero-order valence-electron chi connectivity index (χ0n) is 9.33. The van der Waals surface area contributed by atoms with Gasteiger partial charge in [0.15, 0.2) is 0 Å². The lowest BCUT2D eigenvalue weighted by molar-refractivity contribution is 0.0915. The van der Waals surface area contributed by atoms with Gasteiger partial charge in [0, 0.05) is 24.3 Å². The molecule has 1 heterocycles. The minimum atomic E-state index is -2.91. The van der Waals surface area contributed by atoms with Crippen molar-refractivity contribution in [1.82, 2.24) is 5.32 Å². The molecule has 1 fully saturated rings. The van der Waals surface area contributed by atoms with Crippen molar-refractivity contribution in [2.75, 3.05) is 31.2 Å². The standard InChI is InChI=1S/C10H21NO3S/c1-2-15(13,14)7-5-10(9-12)4-3-6-11-8-10/h11-12H,2-9H2,1H3. The van der Waals surface area contributed by atoms with Crippen LogP contribution in [0, 0.1) is 5.41 Å². The summed E-state index contributed by atoms with van der Waals surface area (Å²) < 4.78 is 22.8. The van der Waals surface area contributed by atoms with Gasteiger partial charge >= 0.3 is 0 Å². The Morgan fingerprint density at radius 1 is 1.47 bits per heavy atom. The molecule has 5 heteroatoms. The summed E-state index contributed by atoms with van der Waals surface area (Å²) >= 11 is 0. The van der Waals surface area contributed by atoms with Gasteiger partial charge in [0.1, 0.15) is 9.84 Å². The van der Waals surface area contributed by atoms with E-state index < -0.39 is 9.84 Å². The second-order valence-corrected chi connectivity index (χ2v) is 6.90. The van der Waals surface area contributed by atoms with Gasteiger partial charge in [-0.05, 0) is 25.8 Å². The van der Waals surface area contributed by atoms with Gasteiger partial charge in [0.25, 0.3) is 0 Å². The number of sulfone groups is 1. The fourth-order valence-electron chi connectivity index (χ4n) is 1.97. The van der Waals surface area contributed by atoms with E-state index in [2.05, 4.69) is 5.32 Å². The first kappa shape index (κ1) is 12.9. The summed E-state index contributed by atoms with van der Waals surface area (Å²) in [6, 6.07) is 0. The van der Waals surface area contributed by atoms with E-state index in [0.29, 0.717) is 6.42 Å². The highest BCUT2D eigenvalue weighted by molar-refractivity contribution is 7.91. The zero-order chi connectivity index (χ0) is 11.4. The van der Waals surface area contributed by atoms with Crippen molar-refractivity contribution in [2.24, 2.45) is 5.41 Å². The fraction of sp³-hybridized carbons (Fsp3) is 1.00. The van der Waals surface area contributed by atoms with Crippen LogP contribution in [-0.2, 0) is 9.84 Å². The molecule has 90 valence electrons. The lowest BCUT2D eigenvalue weighted by Gasteiger charge is -2.36. The van der Waals surface area contributed by atoms with Gasteiger partial charge in [0.2, 0.25) is 0 Å². The highest BCUT2D eigenvalue weighted by atomic mass is 32.2. The maximum absolute atomic E-state index is 11.4. The van der Waals surface area contributed by atoms with Gasteiger partial charge in [-0.2, -0.15) is 0 Å². The number of piperidine rings is 1. The van der Waals surface area contributed by atoms with Crippen LogP contribution >= 0.6 is 0 Å². The van der Waals surface area contributed by atoms with Gasteiger partial charge in [-0.3, -0.25) is 0 Å². The maximum Gasteiger partial charge on any atom is 0.150 e. The SMILES string of the molecule is CCS(=O)(=O)CCC1(CO)CCCNC1. The van der Waals surface area contributed by atoms with E-state index in [4.69, 9.17) is 0 Å². The average molecular weight is 235 g/mol. The number of hydrogen-bond donors (Lipinski definition) is 2. The van der Waals surface area contributed by atoms with E-state index in [1.54, 1.807) is 6.92 Å². The third-order valence-electron chi connectivity index (χ3n) is 3.28. The van der Waals surface area contributed by atoms with Gasteiger partial charge < -0.3 is 10.4 Å². The third-order valence-corrected chi connectivity index (χ3v) is 4.99. The molecule has 15 heavy (non-hydrogen) atoms. The first-order chi connectivity index (χ1) is 7.04. The van der Waals surface area contributed by atoms with Crippen LogP contribution in [-0.4, -0.2) is 44.7 Å². The lowest BCUT2D eigenvalue weighted by atomic mass is 9.79. The summed E-state index contributed by atoms with van der Waals surface area (Å²) in [7, 11) is -2.91. The van der Waals surface area contributed by atoms with Crippen molar-refractivity contribution >= 4 is 9.84 Å². The van der Waals surface area contributed by atoms with Crippen LogP contribution in [0.3, 0.4) is 0 Å². The minimum Gasteiger partial charge on any atom is -0.396 e. The largest absolute Gasteiger partial charge is 0.396 e. The first-order valence-corrected chi connectivity index (χ1v) is 7.38. The van der Waals surface area contributed by atoms with E-state index in [1.165, 1.54) is 0 Å². The number of aliphatic hydroxyl groups is 1. The van der Waals surface area contributed by atoms with Gasteiger partial charge in [-0.1, -0.05) is 6.92 Å². The van der Waals surface area contributed by atoms with Crippen LogP contribution in [0.1, 0.15) is 26.2 Å². The summed E-state index contributed by atoms with van der Waals surface area (Å²) in [4.78, 5) is 0. The van der Waals surface area contributed by atoms with E-state index in [-0.39, 0.29) is 23.5 Å². The molecular weight excluding hydrogens is 214 g/mol. The Balaban J connectivity index is 2.53. The molecule has 4 nitrogen and oxygen atoms in total. The fourth-order valence-corrected chi connectivity index (χ4v) is 3.01. The molecule has 1 aliphatic rings. The van der Waals surface area contributed by atoms with Crippen molar-refractivity contribution in [1.29, 1.82) is 0 Å². The average Bonchev–Trinajstić information content (AvgIpc) is 2.28. The van der Waals surface area contributed by atoms with Crippen molar-refractivity contribution in [3.63, 3.8) is 0 Å². The predicted octanol–water partition coefficient (Wildman–Crippen LogP) is 0.173. The molecule has 0 aromatic heterocycles. The van der Waals surface area contributed by atoms with Crippen LogP contribution in [0.2, 0.25) is 0 Å². The normalized spacial score (nSPS) is 27.9. The third kappa shape index (κ3) is 3.74. The molecule has 0 spiro atoms. The molecule has 1 rings (SSSR count). The molecule has 1 aliphatic heterocycles. The zero-order valence-corrected chi connectivity index (χ0v) is 10.1. The summed E-state index contributed by atoms with van der Waals surface area (Å²) in [5.74, 6) is 0.397. The summed E-state index contributed by atoms with van der Waals surface area (Å²) in [5.41, 5.74) is -0.208. The van der Waals surface area contributed by atoms with E-state index in [1.807, 2.05) is 0 Å². The monoisotopic (exact) mass is 235 g/mol. The van der Waals surface area contributed by atoms with E-state index in [9.17, 15) is 13.5 Å². The molecule has 0 amide bonds. The topological polar surface area (TPSA) is 66.4 Å². The van der Waals surface area contributed by atoms with Crippen molar-refractivity contribution < 1.29 is 13.5 Å². The molecule has 1 atom stereocenters. The van der Waals surface area contributed by atoms with Crippen molar-refractivity contribution in [3.05, 3.63) is 0 Å². The van der Waals surface area contributed by atoms with Gasteiger partial charge in [-0.25, -0.2) is 8.42 Å². The number of hydrogen-bond acceptors (Lipinski definition) is 4. The Bertz CT molecular complexity index is 281. The molecule has 1 unspecified atom stereocenters. The second kappa shape index (κ2) is 5.27. The molecular formula is C10H21NO3S.